The van der Waals surface area contributed by atoms with Gasteiger partial charge in [-0.05, 0) is 48.9 Å². The summed E-state index contributed by atoms with van der Waals surface area (Å²) in [4.78, 5) is 9.67. The van der Waals surface area contributed by atoms with E-state index in [-0.39, 0.29) is 0 Å². The fourth-order valence-corrected chi connectivity index (χ4v) is 3.62. The molecule has 0 fully saturated rings. The summed E-state index contributed by atoms with van der Waals surface area (Å²) in [5, 5.41) is 10.4. The van der Waals surface area contributed by atoms with Crippen LogP contribution in [0.4, 0.5) is 0 Å². The number of aromatic nitrogens is 6. The second-order valence-electron chi connectivity index (χ2n) is 6.64. The van der Waals surface area contributed by atoms with E-state index >= 15 is 0 Å². The molecule has 0 atom stereocenters. The Kier molecular flexibility index (Phi) is 4.37. The predicted octanol–water partition coefficient (Wildman–Crippen LogP) is 4.52. The molecule has 3 aromatic heterocycles. The average molecular weight is 398 g/mol. The number of fused-ring (bicyclic) bond motifs is 1. The van der Waals surface area contributed by atoms with Crippen LogP contribution in [0.25, 0.3) is 33.8 Å². The van der Waals surface area contributed by atoms with Crippen molar-refractivity contribution >= 4 is 23.5 Å². The lowest BCUT2D eigenvalue weighted by Crippen LogP contribution is -2.02. The molecule has 0 radical (unpaired) electrons. The van der Waals surface area contributed by atoms with Crippen LogP contribution < -0.4 is 0 Å². The van der Waals surface area contributed by atoms with Gasteiger partial charge in [0.25, 0.3) is 5.95 Å². The van der Waals surface area contributed by atoms with Gasteiger partial charge in [0.2, 0.25) is 0 Å². The van der Waals surface area contributed by atoms with Crippen LogP contribution in [0.15, 0.2) is 78.1 Å². The summed E-state index contributed by atoms with van der Waals surface area (Å²) in [5.74, 6) is 0.562. The van der Waals surface area contributed by atoms with E-state index in [2.05, 4.69) is 52.8 Å². The van der Waals surface area contributed by atoms with E-state index in [4.69, 9.17) is 5.10 Å². The van der Waals surface area contributed by atoms with E-state index in [1.165, 1.54) is 0 Å². The van der Waals surface area contributed by atoms with Gasteiger partial charge in [-0.3, -0.25) is 0 Å². The highest BCUT2D eigenvalue weighted by Gasteiger charge is 2.15. The van der Waals surface area contributed by atoms with Crippen molar-refractivity contribution in [2.75, 3.05) is 0 Å². The first-order valence-corrected chi connectivity index (χ1v) is 9.82. The van der Waals surface area contributed by atoms with E-state index in [0.717, 1.165) is 44.9 Å². The Morgan fingerprint density at radius 1 is 0.897 bits per heavy atom. The van der Waals surface area contributed by atoms with Crippen LogP contribution in [-0.2, 0) is 6.42 Å². The third-order valence-corrected chi connectivity index (χ3v) is 5.16. The van der Waals surface area contributed by atoms with Gasteiger partial charge in [-0.25, -0.2) is 14.6 Å². The van der Waals surface area contributed by atoms with Crippen molar-refractivity contribution in [2.45, 2.75) is 18.2 Å². The quantitative estimate of drug-likeness (QED) is 0.452. The number of benzene rings is 2. The van der Waals surface area contributed by atoms with Crippen molar-refractivity contribution < 1.29 is 0 Å². The lowest BCUT2D eigenvalue weighted by Gasteiger charge is -2.09. The molecule has 0 aliphatic carbocycles. The molecule has 0 saturated carbocycles. The molecule has 3 heterocycles. The third-order valence-electron chi connectivity index (χ3n) is 4.87. The summed E-state index contributed by atoms with van der Waals surface area (Å²) in [5.41, 5.74) is 5.03. The topological polar surface area (TPSA) is 61.4 Å². The Labute approximate surface area is 173 Å². The lowest BCUT2D eigenvalue weighted by atomic mass is 10.1. The molecule has 7 heteroatoms. The molecule has 29 heavy (non-hydrogen) atoms. The fraction of sp³-hybridized carbons (Fsp3) is 0.0909. The van der Waals surface area contributed by atoms with Crippen molar-refractivity contribution in [3.8, 4) is 22.9 Å². The first-order chi connectivity index (χ1) is 14.2. The minimum Gasteiger partial charge on any atom is -0.233 e. The average Bonchev–Trinajstić information content (AvgIpc) is 3.39. The second kappa shape index (κ2) is 7.18. The summed E-state index contributed by atoms with van der Waals surface area (Å²) < 4.78 is 3.74. The van der Waals surface area contributed by atoms with Crippen molar-refractivity contribution in [1.82, 2.24) is 29.5 Å². The van der Waals surface area contributed by atoms with Gasteiger partial charge in [-0.15, -0.1) is 12.6 Å². The van der Waals surface area contributed by atoms with Crippen LogP contribution in [0.3, 0.4) is 0 Å². The summed E-state index contributed by atoms with van der Waals surface area (Å²) in [6, 6.07) is 18.1. The highest BCUT2D eigenvalue weighted by Crippen LogP contribution is 2.29. The minimum absolute atomic E-state index is 0.562. The zero-order chi connectivity index (χ0) is 19.8. The molecular formula is C22H18N6S. The SMILES string of the molecule is CCc1nn(-c2ncccn2)c2cc(-c3ccnn3-c3ccc(S)cc3)ccc12. The zero-order valence-corrected chi connectivity index (χ0v) is 16.7. The van der Waals surface area contributed by atoms with Crippen LogP contribution >= 0.6 is 12.6 Å². The molecule has 0 saturated heterocycles. The normalized spacial score (nSPS) is 11.2. The third kappa shape index (κ3) is 3.09. The van der Waals surface area contributed by atoms with Crippen LogP contribution in [0, 0.1) is 0 Å². The number of nitrogens with zero attached hydrogens (tertiary/aromatic N) is 6. The van der Waals surface area contributed by atoms with Gasteiger partial charge in [0, 0.05) is 28.2 Å². The molecule has 5 rings (SSSR count). The van der Waals surface area contributed by atoms with E-state index in [1.807, 2.05) is 45.9 Å². The monoisotopic (exact) mass is 398 g/mol. The smallest absolute Gasteiger partial charge is 0.233 e. The molecule has 0 aliphatic rings. The Hall–Kier alpha value is -3.45. The van der Waals surface area contributed by atoms with Crippen LogP contribution in [0.2, 0.25) is 0 Å². The number of hydrogen-bond acceptors (Lipinski definition) is 5. The summed E-state index contributed by atoms with van der Waals surface area (Å²) in [6.07, 6.45) is 6.10. The Morgan fingerprint density at radius 3 is 2.45 bits per heavy atom. The molecule has 2 aromatic carbocycles. The van der Waals surface area contributed by atoms with Gasteiger partial charge >= 0.3 is 0 Å². The van der Waals surface area contributed by atoms with Crippen molar-refractivity contribution in [2.24, 2.45) is 0 Å². The summed E-state index contributed by atoms with van der Waals surface area (Å²) in [7, 11) is 0. The Morgan fingerprint density at radius 2 is 1.69 bits per heavy atom. The van der Waals surface area contributed by atoms with E-state index < -0.39 is 0 Å². The first kappa shape index (κ1) is 17.6. The molecule has 142 valence electrons. The molecule has 0 aliphatic heterocycles. The highest BCUT2D eigenvalue weighted by molar-refractivity contribution is 7.80. The lowest BCUT2D eigenvalue weighted by molar-refractivity contribution is 0.805. The van der Waals surface area contributed by atoms with Gasteiger partial charge in [0.1, 0.15) is 0 Å². The number of rotatable bonds is 4. The fourth-order valence-electron chi connectivity index (χ4n) is 3.47. The summed E-state index contributed by atoms with van der Waals surface area (Å²) in [6.45, 7) is 2.10. The molecular weight excluding hydrogens is 380 g/mol. The maximum absolute atomic E-state index is 4.75. The highest BCUT2D eigenvalue weighted by atomic mass is 32.1. The molecule has 0 unspecified atom stereocenters. The van der Waals surface area contributed by atoms with Crippen LogP contribution in [0.5, 0.6) is 0 Å². The largest absolute Gasteiger partial charge is 0.251 e. The molecule has 0 N–H and O–H groups in total. The number of hydrogen-bond donors (Lipinski definition) is 1. The minimum atomic E-state index is 0.562. The zero-order valence-electron chi connectivity index (χ0n) is 15.8. The standard InChI is InChI=1S/C22H18N6S/c1-2-19-18-9-4-15(14-21(18)28(26-19)22-23-11-3-12-24-22)20-10-13-25-27(20)16-5-7-17(29)8-6-16/h3-14,29H,2H2,1H3. The number of thiol groups is 1. The van der Waals surface area contributed by atoms with E-state index in [9.17, 15) is 0 Å². The Balaban J connectivity index is 1.68. The Bertz CT molecular complexity index is 1290. The van der Waals surface area contributed by atoms with Gasteiger partial charge < -0.3 is 0 Å². The molecule has 5 aromatic rings. The molecule has 0 spiro atoms. The van der Waals surface area contributed by atoms with Gasteiger partial charge in [-0.1, -0.05) is 19.1 Å². The molecule has 0 amide bonds. The van der Waals surface area contributed by atoms with Gasteiger partial charge in [-0.2, -0.15) is 14.9 Å². The van der Waals surface area contributed by atoms with Gasteiger partial charge in [0.05, 0.1) is 28.8 Å². The predicted molar refractivity (Wildman–Crippen MR) is 116 cm³/mol. The maximum atomic E-state index is 4.75. The second-order valence-corrected chi connectivity index (χ2v) is 7.15. The first-order valence-electron chi connectivity index (χ1n) is 9.37. The maximum Gasteiger partial charge on any atom is 0.251 e. The summed E-state index contributed by atoms with van der Waals surface area (Å²) >= 11 is 4.37. The van der Waals surface area contributed by atoms with Crippen molar-refractivity contribution in [3.63, 3.8) is 0 Å². The van der Waals surface area contributed by atoms with Crippen molar-refractivity contribution in [3.05, 3.63) is 78.9 Å². The van der Waals surface area contributed by atoms with E-state index in [0.29, 0.717) is 5.95 Å². The van der Waals surface area contributed by atoms with Crippen LogP contribution in [0.1, 0.15) is 12.6 Å². The van der Waals surface area contributed by atoms with Crippen LogP contribution in [-0.4, -0.2) is 29.5 Å². The number of aryl methyl sites for hydroxylation is 1. The molecule has 0 bridgehead atoms. The van der Waals surface area contributed by atoms with Crippen molar-refractivity contribution in [1.29, 1.82) is 0 Å². The van der Waals surface area contributed by atoms with Gasteiger partial charge in [0.15, 0.2) is 0 Å². The molecule has 6 nitrogen and oxygen atoms in total. The van der Waals surface area contributed by atoms with E-state index in [1.54, 1.807) is 18.5 Å².